The maximum atomic E-state index is 2.32. The zero-order chi connectivity index (χ0) is 10.8. The second-order valence-electron chi connectivity index (χ2n) is 3.81. The summed E-state index contributed by atoms with van der Waals surface area (Å²) in [5.41, 5.74) is 3.12. The molecule has 0 aromatic heterocycles. The van der Waals surface area contributed by atoms with Crippen LogP contribution in [0.1, 0.15) is 11.1 Å². The van der Waals surface area contributed by atoms with E-state index in [2.05, 4.69) is 48.5 Å². The summed E-state index contributed by atoms with van der Waals surface area (Å²) in [5.74, 6) is 2.35. The van der Waals surface area contributed by atoms with Gasteiger partial charge in [-0.05, 0) is 0 Å². The standard InChI is InChI=1S/C14H12STe/c1-3-7-13-11(5-1)9-15-10-12-6-2-4-8-14(12)16-13/h1-8H,9-10H2. The summed E-state index contributed by atoms with van der Waals surface area (Å²) in [6.45, 7) is 0. The van der Waals surface area contributed by atoms with Crippen molar-refractivity contribution in [3.8, 4) is 0 Å². The van der Waals surface area contributed by atoms with Gasteiger partial charge in [-0.1, -0.05) is 0 Å². The Balaban J connectivity index is 2.06. The number of benzene rings is 2. The van der Waals surface area contributed by atoms with Gasteiger partial charge in [0.2, 0.25) is 0 Å². The van der Waals surface area contributed by atoms with E-state index < -0.39 is 0 Å². The van der Waals surface area contributed by atoms with Crippen molar-refractivity contribution in [2.75, 3.05) is 0 Å². The van der Waals surface area contributed by atoms with E-state index in [1.807, 2.05) is 11.8 Å². The van der Waals surface area contributed by atoms with Crippen LogP contribution in [0.4, 0.5) is 0 Å². The summed E-state index contributed by atoms with van der Waals surface area (Å²) < 4.78 is 3.24. The van der Waals surface area contributed by atoms with Crippen LogP contribution in [0.5, 0.6) is 0 Å². The molecule has 0 spiro atoms. The molecule has 0 aliphatic carbocycles. The number of rotatable bonds is 0. The Morgan fingerprint density at radius 2 is 1.25 bits per heavy atom. The molecule has 0 unspecified atom stereocenters. The first kappa shape index (κ1) is 10.7. The Bertz CT molecular complexity index is 462. The van der Waals surface area contributed by atoms with Gasteiger partial charge in [0.25, 0.3) is 0 Å². The summed E-state index contributed by atoms with van der Waals surface area (Å²) >= 11 is 1.86. The molecule has 0 fully saturated rings. The Hall–Kier alpha value is -0.420. The molecular formula is C14H12STe. The minimum atomic E-state index is -0.178. The van der Waals surface area contributed by atoms with Crippen molar-refractivity contribution in [2.24, 2.45) is 0 Å². The van der Waals surface area contributed by atoms with Crippen molar-refractivity contribution in [3.63, 3.8) is 0 Å². The van der Waals surface area contributed by atoms with E-state index in [-0.39, 0.29) is 20.9 Å². The number of hydrogen-bond donors (Lipinski definition) is 0. The number of thioether (sulfide) groups is 1. The van der Waals surface area contributed by atoms with E-state index in [1.54, 1.807) is 18.3 Å². The molecule has 1 heterocycles. The fourth-order valence-corrected chi connectivity index (χ4v) is 6.51. The summed E-state index contributed by atoms with van der Waals surface area (Å²) in [4.78, 5) is 0. The fraction of sp³-hybridized carbons (Fsp3) is 0.143. The third-order valence-corrected chi connectivity index (χ3v) is 7.24. The molecule has 2 heteroatoms. The predicted octanol–water partition coefficient (Wildman–Crippen LogP) is 2.09. The zero-order valence-electron chi connectivity index (χ0n) is 8.85. The third-order valence-electron chi connectivity index (χ3n) is 2.68. The van der Waals surface area contributed by atoms with Crippen LogP contribution < -0.4 is 7.22 Å². The van der Waals surface area contributed by atoms with Crippen LogP contribution in [0.25, 0.3) is 0 Å². The van der Waals surface area contributed by atoms with E-state index in [0.717, 1.165) is 0 Å². The SMILES string of the molecule is c1ccc2c(c1)CSCc1ccccc1[Te]2. The molecular weight excluding hydrogens is 328 g/mol. The molecule has 1 aliphatic rings. The second-order valence-corrected chi connectivity index (χ2v) is 7.89. The van der Waals surface area contributed by atoms with Gasteiger partial charge in [-0.2, -0.15) is 0 Å². The fourth-order valence-electron chi connectivity index (χ4n) is 1.83. The van der Waals surface area contributed by atoms with Crippen LogP contribution in [0, 0.1) is 0 Å². The third kappa shape index (κ3) is 2.15. The molecule has 0 bridgehead atoms. The molecule has 0 saturated heterocycles. The second kappa shape index (κ2) is 4.84. The Morgan fingerprint density at radius 3 is 1.81 bits per heavy atom. The number of hydrogen-bond acceptors (Lipinski definition) is 1. The topological polar surface area (TPSA) is 0 Å². The number of fused-ring (bicyclic) bond motifs is 2. The molecule has 0 radical (unpaired) electrons. The Morgan fingerprint density at radius 1 is 0.750 bits per heavy atom. The van der Waals surface area contributed by atoms with E-state index in [4.69, 9.17) is 0 Å². The molecule has 2 aromatic rings. The van der Waals surface area contributed by atoms with E-state index in [9.17, 15) is 0 Å². The van der Waals surface area contributed by atoms with Gasteiger partial charge in [0.15, 0.2) is 0 Å². The summed E-state index contributed by atoms with van der Waals surface area (Å²) in [6, 6.07) is 17.9. The molecule has 2 aromatic carbocycles. The Kier molecular flexibility index (Phi) is 3.24. The van der Waals surface area contributed by atoms with Gasteiger partial charge in [-0.15, -0.1) is 0 Å². The van der Waals surface area contributed by atoms with Gasteiger partial charge in [0.05, 0.1) is 0 Å². The summed E-state index contributed by atoms with van der Waals surface area (Å²) in [7, 11) is 0. The van der Waals surface area contributed by atoms with Gasteiger partial charge in [-0.3, -0.25) is 0 Å². The first-order valence-electron chi connectivity index (χ1n) is 5.35. The molecule has 0 amide bonds. The average molecular weight is 340 g/mol. The molecule has 16 heavy (non-hydrogen) atoms. The van der Waals surface area contributed by atoms with Crippen molar-refractivity contribution in [3.05, 3.63) is 59.7 Å². The van der Waals surface area contributed by atoms with Crippen molar-refractivity contribution < 1.29 is 0 Å². The van der Waals surface area contributed by atoms with Crippen LogP contribution >= 0.6 is 11.8 Å². The van der Waals surface area contributed by atoms with Crippen LogP contribution in [-0.2, 0) is 11.5 Å². The van der Waals surface area contributed by atoms with Crippen LogP contribution in [0.2, 0.25) is 0 Å². The first-order valence-corrected chi connectivity index (χ1v) is 8.83. The van der Waals surface area contributed by atoms with Gasteiger partial charge in [0.1, 0.15) is 0 Å². The maximum absolute atomic E-state index is 2.32. The summed E-state index contributed by atoms with van der Waals surface area (Å²) in [5, 5.41) is 0. The molecule has 0 nitrogen and oxygen atoms in total. The van der Waals surface area contributed by atoms with E-state index in [0.29, 0.717) is 0 Å². The Labute approximate surface area is 111 Å². The van der Waals surface area contributed by atoms with Gasteiger partial charge < -0.3 is 0 Å². The molecule has 0 N–H and O–H groups in total. The van der Waals surface area contributed by atoms with Gasteiger partial charge in [-0.25, -0.2) is 0 Å². The van der Waals surface area contributed by atoms with Crippen LogP contribution in [0.15, 0.2) is 48.5 Å². The quantitative estimate of drug-likeness (QED) is 0.662. The van der Waals surface area contributed by atoms with Gasteiger partial charge in [0, 0.05) is 0 Å². The van der Waals surface area contributed by atoms with Crippen molar-refractivity contribution >= 4 is 39.9 Å². The van der Waals surface area contributed by atoms with Crippen molar-refractivity contribution in [1.82, 2.24) is 0 Å². The molecule has 0 atom stereocenters. The van der Waals surface area contributed by atoms with Crippen molar-refractivity contribution in [1.29, 1.82) is 0 Å². The van der Waals surface area contributed by atoms with Crippen LogP contribution in [-0.4, -0.2) is 20.9 Å². The molecule has 0 saturated carbocycles. The van der Waals surface area contributed by atoms with E-state index in [1.165, 1.54) is 11.5 Å². The monoisotopic (exact) mass is 342 g/mol. The van der Waals surface area contributed by atoms with Gasteiger partial charge >= 0.3 is 111 Å². The average Bonchev–Trinajstić information content (AvgIpc) is 2.29. The molecule has 80 valence electrons. The molecule has 3 rings (SSSR count). The van der Waals surface area contributed by atoms with Crippen LogP contribution in [0.3, 0.4) is 0 Å². The summed E-state index contributed by atoms with van der Waals surface area (Å²) in [6.07, 6.45) is 0. The van der Waals surface area contributed by atoms with E-state index >= 15 is 0 Å². The first-order chi connectivity index (χ1) is 7.93. The zero-order valence-corrected chi connectivity index (χ0v) is 12.0. The normalized spacial score (nSPS) is 14.5. The predicted molar refractivity (Wildman–Crippen MR) is 72.9 cm³/mol. The minimum absolute atomic E-state index is 0.178. The van der Waals surface area contributed by atoms with Crippen molar-refractivity contribution in [2.45, 2.75) is 11.5 Å². The molecule has 1 aliphatic heterocycles.